The van der Waals surface area contributed by atoms with Crippen LogP contribution in [-0.4, -0.2) is 18.7 Å². The smallest absolute Gasteiger partial charge is 0.207 e. The lowest BCUT2D eigenvalue weighted by Gasteiger charge is -2.12. The lowest BCUT2D eigenvalue weighted by Crippen LogP contribution is -2.28. The fraction of sp³-hybridized carbons (Fsp3) is 0.273. The molecule has 1 amide bonds. The van der Waals surface area contributed by atoms with Gasteiger partial charge in [-0.1, -0.05) is 37.0 Å². The van der Waals surface area contributed by atoms with Gasteiger partial charge in [-0.15, -0.1) is 0 Å². The van der Waals surface area contributed by atoms with Gasteiger partial charge >= 0.3 is 0 Å². The van der Waals surface area contributed by atoms with Gasteiger partial charge in [-0.25, -0.2) is 0 Å². The van der Waals surface area contributed by atoms with E-state index in [0.29, 0.717) is 19.3 Å². The molecule has 0 bridgehead atoms. The fourth-order valence-electron chi connectivity index (χ4n) is 1.01. The highest BCUT2D eigenvalue weighted by Crippen LogP contribution is 2.06. The van der Waals surface area contributed by atoms with E-state index in [1.54, 1.807) is 18.2 Å². The van der Waals surface area contributed by atoms with Gasteiger partial charge in [0.1, 0.15) is 6.29 Å². The number of hydrogen-bond acceptors (Lipinski definition) is 2. The number of aldehydes is 1. The molecular formula is C11H15NO2. The Balaban J connectivity index is 4.06. The first kappa shape index (κ1) is 12.4. The molecule has 0 heterocycles. The molecule has 1 unspecified atom stereocenters. The van der Waals surface area contributed by atoms with Crippen molar-refractivity contribution in [2.45, 2.75) is 18.9 Å². The van der Waals surface area contributed by atoms with Crippen molar-refractivity contribution in [2.75, 3.05) is 0 Å². The van der Waals surface area contributed by atoms with Crippen LogP contribution < -0.4 is 5.32 Å². The molecule has 0 aliphatic carbocycles. The Morgan fingerprint density at radius 2 is 2.14 bits per heavy atom. The van der Waals surface area contributed by atoms with Crippen molar-refractivity contribution >= 4 is 12.7 Å². The van der Waals surface area contributed by atoms with Gasteiger partial charge < -0.3 is 10.1 Å². The van der Waals surface area contributed by atoms with Gasteiger partial charge in [-0.3, -0.25) is 4.79 Å². The molecule has 0 saturated carbocycles. The molecule has 0 saturated heterocycles. The van der Waals surface area contributed by atoms with Crippen molar-refractivity contribution in [1.29, 1.82) is 0 Å². The number of carbonyl (C=O) groups excluding carboxylic acids is 2. The second-order valence-corrected chi connectivity index (χ2v) is 2.84. The second-order valence-electron chi connectivity index (χ2n) is 2.84. The second kappa shape index (κ2) is 7.98. The van der Waals surface area contributed by atoms with Crippen LogP contribution in [0.25, 0.3) is 0 Å². The van der Waals surface area contributed by atoms with E-state index in [0.717, 1.165) is 11.9 Å². The largest absolute Gasteiger partial charge is 0.355 e. The molecule has 1 N–H and O–H groups in total. The number of carbonyl (C=O) groups is 2. The van der Waals surface area contributed by atoms with Gasteiger partial charge in [0.25, 0.3) is 0 Å². The molecule has 0 aliphatic rings. The third-order valence-electron chi connectivity index (χ3n) is 1.66. The summed E-state index contributed by atoms with van der Waals surface area (Å²) in [6.07, 6.45) is 7.47. The molecule has 0 fully saturated rings. The summed E-state index contributed by atoms with van der Waals surface area (Å²) >= 11 is 0. The molecule has 0 aromatic heterocycles. The minimum absolute atomic E-state index is 0.160. The van der Waals surface area contributed by atoms with Crippen LogP contribution in [0.1, 0.15) is 12.8 Å². The predicted molar refractivity (Wildman–Crippen MR) is 56.8 cm³/mol. The summed E-state index contributed by atoms with van der Waals surface area (Å²) in [4.78, 5) is 20.5. The topological polar surface area (TPSA) is 46.2 Å². The highest BCUT2D eigenvalue weighted by Gasteiger charge is 2.06. The molecular weight excluding hydrogens is 178 g/mol. The van der Waals surface area contributed by atoms with E-state index in [9.17, 15) is 9.59 Å². The van der Waals surface area contributed by atoms with Gasteiger partial charge in [-0.2, -0.15) is 0 Å². The SMILES string of the molecule is C=C/C=C\C(=C)CC(CC=O)NC=O. The van der Waals surface area contributed by atoms with Crippen molar-refractivity contribution in [3.63, 3.8) is 0 Å². The van der Waals surface area contributed by atoms with Gasteiger partial charge in [0.15, 0.2) is 0 Å². The maximum Gasteiger partial charge on any atom is 0.207 e. The zero-order valence-corrected chi connectivity index (χ0v) is 8.11. The summed E-state index contributed by atoms with van der Waals surface area (Å²) in [5.41, 5.74) is 0.853. The molecule has 0 radical (unpaired) electrons. The van der Waals surface area contributed by atoms with E-state index in [2.05, 4.69) is 18.5 Å². The Bertz CT molecular complexity index is 234. The molecule has 14 heavy (non-hydrogen) atoms. The first-order valence-electron chi connectivity index (χ1n) is 4.34. The number of hydrogen-bond donors (Lipinski definition) is 1. The maximum atomic E-state index is 10.3. The Kier molecular flexibility index (Phi) is 7.05. The van der Waals surface area contributed by atoms with E-state index in [1.165, 1.54) is 0 Å². The Morgan fingerprint density at radius 3 is 2.64 bits per heavy atom. The molecule has 0 spiro atoms. The number of rotatable bonds is 8. The average Bonchev–Trinajstić information content (AvgIpc) is 2.15. The third kappa shape index (κ3) is 5.94. The summed E-state index contributed by atoms with van der Waals surface area (Å²) in [5.74, 6) is 0. The molecule has 0 aromatic carbocycles. The zero-order chi connectivity index (χ0) is 10.8. The number of amides is 1. The fourth-order valence-corrected chi connectivity index (χ4v) is 1.01. The molecule has 3 nitrogen and oxygen atoms in total. The molecule has 3 heteroatoms. The summed E-state index contributed by atoms with van der Waals surface area (Å²) in [5, 5.41) is 2.56. The maximum absolute atomic E-state index is 10.3. The van der Waals surface area contributed by atoms with Crippen LogP contribution in [0.2, 0.25) is 0 Å². The highest BCUT2D eigenvalue weighted by atomic mass is 16.1. The van der Waals surface area contributed by atoms with Gasteiger partial charge in [-0.05, 0) is 6.42 Å². The van der Waals surface area contributed by atoms with Crippen LogP contribution in [0.4, 0.5) is 0 Å². The van der Waals surface area contributed by atoms with Crippen LogP contribution in [0.5, 0.6) is 0 Å². The minimum Gasteiger partial charge on any atom is -0.355 e. The Labute approximate surface area is 84.2 Å². The van der Waals surface area contributed by atoms with Gasteiger partial charge in [0.2, 0.25) is 6.41 Å². The highest BCUT2D eigenvalue weighted by molar-refractivity contribution is 5.53. The van der Waals surface area contributed by atoms with Crippen LogP contribution >= 0.6 is 0 Å². The average molecular weight is 193 g/mol. The first-order valence-corrected chi connectivity index (χ1v) is 4.34. The molecule has 76 valence electrons. The summed E-state index contributed by atoms with van der Waals surface area (Å²) in [7, 11) is 0. The van der Waals surface area contributed by atoms with Gasteiger partial charge in [0.05, 0.1) is 0 Å². The van der Waals surface area contributed by atoms with Crippen molar-refractivity contribution in [3.05, 3.63) is 37.0 Å². The first-order chi connectivity index (χ1) is 6.74. The van der Waals surface area contributed by atoms with Crippen LogP contribution in [0.3, 0.4) is 0 Å². The van der Waals surface area contributed by atoms with E-state index in [-0.39, 0.29) is 6.04 Å². The number of nitrogens with one attached hydrogen (secondary N) is 1. The van der Waals surface area contributed by atoms with Crippen molar-refractivity contribution < 1.29 is 9.59 Å². The summed E-state index contributed by atoms with van der Waals surface area (Å²) < 4.78 is 0. The molecule has 1 atom stereocenters. The van der Waals surface area contributed by atoms with Crippen LogP contribution in [0, 0.1) is 0 Å². The summed E-state index contributed by atoms with van der Waals surface area (Å²) in [6, 6.07) is -0.160. The van der Waals surface area contributed by atoms with E-state index in [4.69, 9.17) is 0 Å². The minimum atomic E-state index is -0.160. The molecule has 0 aromatic rings. The third-order valence-corrected chi connectivity index (χ3v) is 1.66. The Hall–Kier alpha value is -1.64. The van der Waals surface area contributed by atoms with E-state index in [1.807, 2.05) is 0 Å². The van der Waals surface area contributed by atoms with Crippen molar-refractivity contribution in [3.8, 4) is 0 Å². The standard InChI is InChI=1S/C11H15NO2/c1-3-4-5-10(2)8-11(6-7-13)12-9-14/h3-5,7,9,11H,1-2,6,8H2,(H,12,14)/b5-4-. The van der Waals surface area contributed by atoms with E-state index >= 15 is 0 Å². The van der Waals surface area contributed by atoms with E-state index < -0.39 is 0 Å². The lowest BCUT2D eigenvalue weighted by atomic mass is 10.1. The summed E-state index contributed by atoms with van der Waals surface area (Å²) in [6.45, 7) is 7.32. The predicted octanol–water partition coefficient (Wildman–Crippen LogP) is 1.38. The normalized spacial score (nSPS) is 12.0. The zero-order valence-electron chi connectivity index (χ0n) is 8.11. The van der Waals surface area contributed by atoms with Gasteiger partial charge in [0, 0.05) is 12.5 Å². The van der Waals surface area contributed by atoms with Crippen LogP contribution in [0.15, 0.2) is 37.0 Å². The van der Waals surface area contributed by atoms with Crippen molar-refractivity contribution in [1.82, 2.24) is 5.32 Å². The molecule has 0 rings (SSSR count). The number of allylic oxidation sites excluding steroid dienone is 3. The van der Waals surface area contributed by atoms with Crippen LogP contribution in [-0.2, 0) is 9.59 Å². The monoisotopic (exact) mass is 193 g/mol. The lowest BCUT2D eigenvalue weighted by molar-refractivity contribution is -0.111. The molecule has 0 aliphatic heterocycles. The van der Waals surface area contributed by atoms with Crippen molar-refractivity contribution in [2.24, 2.45) is 0 Å². The Morgan fingerprint density at radius 1 is 1.43 bits per heavy atom. The quantitative estimate of drug-likeness (QED) is 0.467.